The van der Waals surface area contributed by atoms with Gasteiger partial charge >= 0.3 is 6.03 Å². The van der Waals surface area contributed by atoms with Gasteiger partial charge in [0.1, 0.15) is 5.57 Å². The van der Waals surface area contributed by atoms with Crippen LogP contribution in [-0.4, -0.2) is 17.8 Å². The third kappa shape index (κ3) is 3.29. The standard InChI is InChI=1S/C15H8Br2N2O3S/c16-8-1-3-9(4-2-8)19-14(21)11(13(20)18-15(19)22)7-10-5-6-12(17)23-10/h1-7H,(H,18,20,22)/b11-7+. The molecule has 0 spiro atoms. The van der Waals surface area contributed by atoms with Crippen LogP contribution in [0.25, 0.3) is 6.08 Å². The van der Waals surface area contributed by atoms with Crippen molar-refractivity contribution in [2.75, 3.05) is 4.90 Å². The Morgan fingerprint density at radius 2 is 1.70 bits per heavy atom. The molecule has 1 fully saturated rings. The minimum absolute atomic E-state index is 0.0816. The van der Waals surface area contributed by atoms with Gasteiger partial charge in [0.05, 0.1) is 9.47 Å². The largest absolute Gasteiger partial charge is 0.335 e. The van der Waals surface area contributed by atoms with Crippen molar-refractivity contribution in [3.05, 3.63) is 55.1 Å². The number of benzene rings is 1. The van der Waals surface area contributed by atoms with Crippen molar-refractivity contribution in [2.24, 2.45) is 0 Å². The predicted octanol–water partition coefficient (Wildman–Crippen LogP) is 3.94. The normalized spacial score (nSPS) is 16.9. The molecule has 0 unspecified atom stereocenters. The minimum Gasteiger partial charge on any atom is -0.273 e. The lowest BCUT2D eigenvalue weighted by atomic mass is 10.1. The molecule has 23 heavy (non-hydrogen) atoms. The lowest BCUT2D eigenvalue weighted by Gasteiger charge is -2.26. The first-order chi connectivity index (χ1) is 11.0. The summed E-state index contributed by atoms with van der Waals surface area (Å²) in [6.07, 6.45) is 1.48. The fourth-order valence-electron chi connectivity index (χ4n) is 2.03. The van der Waals surface area contributed by atoms with Crippen LogP contribution in [0.3, 0.4) is 0 Å². The van der Waals surface area contributed by atoms with Crippen LogP contribution < -0.4 is 10.2 Å². The van der Waals surface area contributed by atoms with Gasteiger partial charge in [-0.1, -0.05) is 15.9 Å². The van der Waals surface area contributed by atoms with Crippen LogP contribution >= 0.6 is 43.2 Å². The number of imide groups is 2. The summed E-state index contributed by atoms with van der Waals surface area (Å²) in [5, 5.41) is 2.19. The SMILES string of the molecule is O=C1NC(=O)N(c2ccc(Br)cc2)C(=O)/C1=C/c1ccc(Br)s1. The number of rotatable bonds is 2. The van der Waals surface area contributed by atoms with Gasteiger partial charge in [-0.2, -0.15) is 0 Å². The quantitative estimate of drug-likeness (QED) is 0.550. The molecule has 1 aromatic heterocycles. The fraction of sp³-hybridized carbons (Fsp3) is 0. The van der Waals surface area contributed by atoms with Crippen LogP contribution in [0.15, 0.2) is 50.2 Å². The highest BCUT2D eigenvalue weighted by atomic mass is 79.9. The highest BCUT2D eigenvalue weighted by molar-refractivity contribution is 9.11. The van der Waals surface area contributed by atoms with Crippen LogP contribution in [0.2, 0.25) is 0 Å². The molecule has 0 saturated carbocycles. The molecule has 2 aromatic rings. The second kappa shape index (κ2) is 6.38. The van der Waals surface area contributed by atoms with Crippen molar-refractivity contribution < 1.29 is 14.4 Å². The second-order valence-electron chi connectivity index (χ2n) is 4.58. The summed E-state index contributed by atoms with van der Waals surface area (Å²) in [5.41, 5.74) is 0.309. The van der Waals surface area contributed by atoms with Crippen molar-refractivity contribution >= 4 is 72.8 Å². The number of nitrogens with zero attached hydrogens (tertiary/aromatic N) is 1. The molecule has 1 N–H and O–H groups in total. The van der Waals surface area contributed by atoms with E-state index in [1.165, 1.54) is 17.4 Å². The molecule has 116 valence electrons. The van der Waals surface area contributed by atoms with Crippen LogP contribution in [0, 0.1) is 0 Å². The number of hydrogen-bond acceptors (Lipinski definition) is 4. The zero-order chi connectivity index (χ0) is 16.6. The van der Waals surface area contributed by atoms with E-state index >= 15 is 0 Å². The molecule has 1 aromatic carbocycles. The number of hydrogen-bond donors (Lipinski definition) is 1. The van der Waals surface area contributed by atoms with E-state index in [0.29, 0.717) is 5.69 Å². The second-order valence-corrected chi connectivity index (χ2v) is 7.99. The molecule has 3 rings (SSSR count). The summed E-state index contributed by atoms with van der Waals surface area (Å²) < 4.78 is 1.70. The number of anilines is 1. The lowest BCUT2D eigenvalue weighted by Crippen LogP contribution is -2.54. The van der Waals surface area contributed by atoms with Gasteiger partial charge in [-0.15, -0.1) is 11.3 Å². The highest BCUT2D eigenvalue weighted by Crippen LogP contribution is 2.27. The van der Waals surface area contributed by atoms with Gasteiger partial charge < -0.3 is 0 Å². The van der Waals surface area contributed by atoms with Gasteiger partial charge in [0.2, 0.25) is 0 Å². The van der Waals surface area contributed by atoms with Gasteiger partial charge in [0, 0.05) is 9.35 Å². The first kappa shape index (κ1) is 16.1. The van der Waals surface area contributed by atoms with Crippen molar-refractivity contribution in [3.8, 4) is 0 Å². The molecule has 2 heterocycles. The average molecular weight is 456 g/mol. The predicted molar refractivity (Wildman–Crippen MR) is 95.2 cm³/mol. The maximum atomic E-state index is 12.6. The first-order valence-electron chi connectivity index (χ1n) is 6.38. The topological polar surface area (TPSA) is 66.5 Å². The van der Waals surface area contributed by atoms with Crippen LogP contribution in [0.5, 0.6) is 0 Å². The number of halogens is 2. The third-order valence-corrected chi connectivity index (χ3v) is 5.17. The van der Waals surface area contributed by atoms with Gasteiger partial charge in [-0.25, -0.2) is 9.69 Å². The van der Waals surface area contributed by atoms with Gasteiger partial charge in [-0.3, -0.25) is 14.9 Å². The average Bonchev–Trinajstić information content (AvgIpc) is 2.91. The van der Waals surface area contributed by atoms with Gasteiger partial charge in [0.25, 0.3) is 11.8 Å². The van der Waals surface area contributed by atoms with E-state index in [-0.39, 0.29) is 5.57 Å². The highest BCUT2D eigenvalue weighted by Gasteiger charge is 2.36. The van der Waals surface area contributed by atoms with E-state index < -0.39 is 17.8 Å². The van der Waals surface area contributed by atoms with Crippen LogP contribution in [0.4, 0.5) is 10.5 Å². The third-order valence-electron chi connectivity index (χ3n) is 3.07. The van der Waals surface area contributed by atoms with Crippen molar-refractivity contribution in [3.63, 3.8) is 0 Å². The lowest BCUT2D eigenvalue weighted by molar-refractivity contribution is -0.122. The molecule has 8 heteroatoms. The van der Waals surface area contributed by atoms with E-state index in [0.717, 1.165) is 18.0 Å². The van der Waals surface area contributed by atoms with E-state index in [1.807, 2.05) is 6.07 Å². The summed E-state index contributed by atoms with van der Waals surface area (Å²) in [4.78, 5) is 38.3. The molecule has 0 radical (unpaired) electrons. The number of amides is 4. The van der Waals surface area contributed by atoms with Crippen molar-refractivity contribution in [1.82, 2.24) is 5.32 Å². The maximum absolute atomic E-state index is 12.6. The monoisotopic (exact) mass is 454 g/mol. The van der Waals surface area contributed by atoms with E-state index in [9.17, 15) is 14.4 Å². The van der Waals surface area contributed by atoms with Crippen LogP contribution in [-0.2, 0) is 9.59 Å². The summed E-state index contributed by atoms with van der Waals surface area (Å²) in [6.45, 7) is 0. The molecule has 1 aliphatic heterocycles. The molecule has 1 saturated heterocycles. The van der Waals surface area contributed by atoms with E-state index in [1.54, 1.807) is 30.3 Å². The Labute approximate surface area is 152 Å². The Balaban J connectivity index is 2.00. The van der Waals surface area contributed by atoms with Gasteiger partial charge in [0.15, 0.2) is 0 Å². The Bertz CT molecular complexity index is 843. The molecule has 4 amide bonds. The Morgan fingerprint density at radius 1 is 1.00 bits per heavy atom. The van der Waals surface area contributed by atoms with Crippen LogP contribution in [0.1, 0.15) is 4.88 Å². The number of thiophene rings is 1. The van der Waals surface area contributed by atoms with Crippen molar-refractivity contribution in [1.29, 1.82) is 0 Å². The number of carbonyl (C=O) groups is 3. The molecule has 0 atom stereocenters. The van der Waals surface area contributed by atoms with E-state index in [4.69, 9.17) is 0 Å². The molecular formula is C15H8Br2N2O3S. The number of nitrogens with one attached hydrogen (secondary N) is 1. The fourth-order valence-corrected chi connectivity index (χ4v) is 3.66. The number of urea groups is 1. The minimum atomic E-state index is -0.758. The summed E-state index contributed by atoms with van der Waals surface area (Å²) >= 11 is 8.01. The number of barbiturate groups is 1. The molecule has 5 nitrogen and oxygen atoms in total. The smallest absolute Gasteiger partial charge is 0.273 e. The summed E-state index contributed by atoms with van der Waals surface area (Å²) in [7, 11) is 0. The Kier molecular flexibility index (Phi) is 4.47. The first-order valence-corrected chi connectivity index (χ1v) is 8.78. The molecule has 0 aliphatic carbocycles. The Hall–Kier alpha value is -1.77. The molecule has 1 aliphatic rings. The van der Waals surface area contributed by atoms with E-state index in [2.05, 4.69) is 37.2 Å². The molecule has 0 bridgehead atoms. The Morgan fingerprint density at radius 3 is 2.30 bits per heavy atom. The van der Waals surface area contributed by atoms with Crippen molar-refractivity contribution in [2.45, 2.75) is 0 Å². The number of carbonyl (C=O) groups excluding carboxylic acids is 3. The molecular weight excluding hydrogens is 448 g/mol. The summed E-state index contributed by atoms with van der Waals surface area (Å²) in [6, 6.07) is 9.51. The summed E-state index contributed by atoms with van der Waals surface area (Å²) in [5.74, 6) is -1.34. The van der Waals surface area contributed by atoms with Gasteiger partial charge in [-0.05, 0) is 58.4 Å². The zero-order valence-electron chi connectivity index (χ0n) is 11.4. The maximum Gasteiger partial charge on any atom is 0.335 e. The zero-order valence-corrected chi connectivity index (χ0v) is 15.4.